The van der Waals surface area contributed by atoms with Crippen LogP contribution in [0.3, 0.4) is 0 Å². The Morgan fingerprint density at radius 2 is 1.60 bits per heavy atom. The van der Waals surface area contributed by atoms with Crippen LogP contribution in [-0.2, 0) is 10.8 Å². The zero-order chi connectivity index (χ0) is 10.7. The lowest BCUT2D eigenvalue weighted by Crippen LogP contribution is -2.32. The third kappa shape index (κ3) is 3.28. The maximum atomic E-state index is 12.1. The third-order valence-corrected chi connectivity index (χ3v) is 5.98. The topological polar surface area (TPSA) is 43.1 Å². The standard InChI is InChI=1S/C12H23NOS/c13-11-5-7-12(8-6-11)15(14)9-10-3-1-2-4-10/h10-12H,1-9,13H2. The molecule has 0 saturated heterocycles. The molecular formula is C12H23NOS. The molecule has 0 radical (unpaired) electrons. The van der Waals surface area contributed by atoms with Crippen molar-refractivity contribution in [3.63, 3.8) is 0 Å². The van der Waals surface area contributed by atoms with E-state index in [1.165, 1.54) is 25.7 Å². The van der Waals surface area contributed by atoms with Crippen molar-refractivity contribution < 1.29 is 4.21 Å². The summed E-state index contributed by atoms with van der Waals surface area (Å²) in [4.78, 5) is 0. The predicted octanol–water partition coefficient (Wildman–Crippen LogP) is 2.20. The molecule has 2 N–H and O–H groups in total. The van der Waals surface area contributed by atoms with Crippen LogP contribution in [0.5, 0.6) is 0 Å². The molecule has 2 aliphatic carbocycles. The van der Waals surface area contributed by atoms with E-state index in [-0.39, 0.29) is 0 Å². The first kappa shape index (κ1) is 11.6. The second-order valence-corrected chi connectivity index (χ2v) is 7.00. The first-order valence-electron chi connectivity index (χ1n) is 6.38. The van der Waals surface area contributed by atoms with Crippen molar-refractivity contribution in [2.45, 2.75) is 62.7 Å². The molecule has 0 aromatic heterocycles. The fraction of sp³-hybridized carbons (Fsp3) is 1.00. The minimum absolute atomic E-state index is 0.379. The van der Waals surface area contributed by atoms with Crippen molar-refractivity contribution in [1.82, 2.24) is 0 Å². The van der Waals surface area contributed by atoms with Gasteiger partial charge in [-0.2, -0.15) is 0 Å². The third-order valence-electron chi connectivity index (χ3n) is 3.97. The summed E-state index contributed by atoms with van der Waals surface area (Å²) in [6, 6.07) is 0.379. The molecule has 0 aromatic carbocycles. The minimum atomic E-state index is -0.567. The highest BCUT2D eigenvalue weighted by atomic mass is 32.2. The van der Waals surface area contributed by atoms with Gasteiger partial charge in [-0.15, -0.1) is 0 Å². The van der Waals surface area contributed by atoms with Gasteiger partial charge in [0.05, 0.1) is 0 Å². The molecule has 2 aliphatic rings. The molecule has 0 spiro atoms. The van der Waals surface area contributed by atoms with E-state index in [1.54, 1.807) is 0 Å². The molecule has 2 saturated carbocycles. The Kier molecular flexibility index (Phi) is 4.21. The summed E-state index contributed by atoms with van der Waals surface area (Å²) < 4.78 is 12.1. The van der Waals surface area contributed by atoms with Gasteiger partial charge in [0.15, 0.2) is 0 Å². The van der Waals surface area contributed by atoms with Gasteiger partial charge in [0.2, 0.25) is 0 Å². The predicted molar refractivity (Wildman–Crippen MR) is 65.2 cm³/mol. The van der Waals surface area contributed by atoms with Crippen molar-refractivity contribution in [2.75, 3.05) is 5.75 Å². The molecule has 1 atom stereocenters. The van der Waals surface area contributed by atoms with E-state index in [0.717, 1.165) is 37.4 Å². The van der Waals surface area contributed by atoms with Gasteiger partial charge in [-0.3, -0.25) is 4.21 Å². The Hall–Kier alpha value is 0.110. The summed E-state index contributed by atoms with van der Waals surface area (Å²) in [5.74, 6) is 1.74. The van der Waals surface area contributed by atoms with Crippen LogP contribution in [0.1, 0.15) is 51.4 Å². The maximum absolute atomic E-state index is 12.1. The highest BCUT2D eigenvalue weighted by molar-refractivity contribution is 7.85. The largest absolute Gasteiger partial charge is 0.328 e. The monoisotopic (exact) mass is 229 g/mol. The van der Waals surface area contributed by atoms with Gasteiger partial charge in [-0.25, -0.2) is 0 Å². The lowest BCUT2D eigenvalue weighted by Gasteiger charge is -2.26. The van der Waals surface area contributed by atoms with Gasteiger partial charge in [-0.1, -0.05) is 12.8 Å². The first-order valence-corrected chi connectivity index (χ1v) is 7.76. The molecule has 0 amide bonds. The van der Waals surface area contributed by atoms with Crippen LogP contribution in [0.2, 0.25) is 0 Å². The second-order valence-electron chi connectivity index (χ2n) is 5.23. The summed E-state index contributed by atoms with van der Waals surface area (Å²) in [6.45, 7) is 0. The highest BCUT2D eigenvalue weighted by Gasteiger charge is 2.26. The molecular weight excluding hydrogens is 206 g/mol. The van der Waals surface area contributed by atoms with Gasteiger partial charge in [0.25, 0.3) is 0 Å². The van der Waals surface area contributed by atoms with Crippen molar-refractivity contribution in [1.29, 1.82) is 0 Å². The zero-order valence-electron chi connectivity index (χ0n) is 9.49. The molecule has 1 unspecified atom stereocenters. The molecule has 0 aromatic rings. The Morgan fingerprint density at radius 3 is 2.20 bits per heavy atom. The van der Waals surface area contributed by atoms with Gasteiger partial charge >= 0.3 is 0 Å². The summed E-state index contributed by atoms with van der Waals surface area (Å²) in [6.07, 6.45) is 9.72. The van der Waals surface area contributed by atoms with Crippen LogP contribution < -0.4 is 5.73 Å². The average molecular weight is 229 g/mol. The lowest BCUT2D eigenvalue weighted by atomic mass is 9.96. The van der Waals surface area contributed by atoms with E-state index >= 15 is 0 Å². The van der Waals surface area contributed by atoms with E-state index in [0.29, 0.717) is 11.3 Å². The molecule has 15 heavy (non-hydrogen) atoms. The van der Waals surface area contributed by atoms with Gasteiger partial charge < -0.3 is 5.73 Å². The highest BCUT2D eigenvalue weighted by Crippen LogP contribution is 2.28. The van der Waals surface area contributed by atoms with Crippen molar-refractivity contribution in [2.24, 2.45) is 11.7 Å². The summed E-state index contributed by atoms with van der Waals surface area (Å²) in [5, 5.41) is 0.463. The Labute approximate surface area is 95.5 Å². The molecule has 2 fully saturated rings. The van der Waals surface area contributed by atoms with Gasteiger partial charge in [0, 0.05) is 27.8 Å². The Bertz CT molecular complexity index is 218. The van der Waals surface area contributed by atoms with Crippen molar-refractivity contribution >= 4 is 10.8 Å². The van der Waals surface area contributed by atoms with E-state index in [4.69, 9.17) is 5.73 Å². The molecule has 0 bridgehead atoms. The number of hydrogen-bond acceptors (Lipinski definition) is 2. The molecule has 2 nitrogen and oxygen atoms in total. The van der Waals surface area contributed by atoms with Crippen LogP contribution in [0.25, 0.3) is 0 Å². The van der Waals surface area contributed by atoms with E-state index < -0.39 is 10.8 Å². The van der Waals surface area contributed by atoms with Crippen LogP contribution >= 0.6 is 0 Å². The molecule has 0 aliphatic heterocycles. The number of rotatable bonds is 3. The summed E-state index contributed by atoms with van der Waals surface area (Å²) in [7, 11) is -0.567. The second kappa shape index (κ2) is 5.44. The average Bonchev–Trinajstić information content (AvgIpc) is 2.71. The van der Waals surface area contributed by atoms with E-state index in [2.05, 4.69) is 0 Å². The van der Waals surface area contributed by atoms with Gasteiger partial charge in [0.1, 0.15) is 0 Å². The smallest absolute Gasteiger partial charge is 0.0349 e. The first-order chi connectivity index (χ1) is 7.25. The molecule has 88 valence electrons. The van der Waals surface area contributed by atoms with Crippen LogP contribution in [0.15, 0.2) is 0 Å². The fourth-order valence-electron chi connectivity index (χ4n) is 2.90. The summed E-state index contributed by atoms with van der Waals surface area (Å²) in [5.41, 5.74) is 5.86. The Morgan fingerprint density at radius 1 is 1.00 bits per heavy atom. The molecule has 0 heterocycles. The normalized spacial score (nSPS) is 35.5. The van der Waals surface area contributed by atoms with E-state index in [1.807, 2.05) is 0 Å². The maximum Gasteiger partial charge on any atom is 0.0349 e. The van der Waals surface area contributed by atoms with E-state index in [9.17, 15) is 4.21 Å². The zero-order valence-corrected chi connectivity index (χ0v) is 10.3. The Balaban J connectivity index is 1.75. The van der Waals surface area contributed by atoms with Crippen LogP contribution in [0.4, 0.5) is 0 Å². The summed E-state index contributed by atoms with van der Waals surface area (Å²) >= 11 is 0. The number of nitrogens with two attached hydrogens (primary N) is 1. The number of hydrogen-bond donors (Lipinski definition) is 1. The minimum Gasteiger partial charge on any atom is -0.328 e. The van der Waals surface area contributed by atoms with Crippen molar-refractivity contribution in [3.8, 4) is 0 Å². The lowest BCUT2D eigenvalue weighted by molar-refractivity contribution is 0.442. The van der Waals surface area contributed by atoms with Crippen LogP contribution in [0, 0.1) is 5.92 Å². The molecule has 3 heteroatoms. The quantitative estimate of drug-likeness (QED) is 0.806. The van der Waals surface area contributed by atoms with Crippen molar-refractivity contribution in [3.05, 3.63) is 0 Å². The molecule has 2 rings (SSSR count). The van der Waals surface area contributed by atoms with Gasteiger partial charge in [-0.05, 0) is 44.4 Å². The fourth-order valence-corrected chi connectivity index (χ4v) is 4.76. The van der Waals surface area contributed by atoms with Crippen LogP contribution in [-0.4, -0.2) is 21.3 Å². The SMILES string of the molecule is NC1CCC(S(=O)CC2CCCC2)CC1.